The van der Waals surface area contributed by atoms with Gasteiger partial charge in [0, 0.05) is 31.4 Å². The molecule has 5 nitrogen and oxygen atoms in total. The van der Waals surface area contributed by atoms with Gasteiger partial charge in [-0.3, -0.25) is 0 Å². The van der Waals surface area contributed by atoms with Gasteiger partial charge in [0.05, 0.1) is 19.8 Å². The molecule has 1 fully saturated rings. The molecule has 140 valence electrons. The molecular weight excluding hydrogens is 345 g/mol. The van der Waals surface area contributed by atoms with Crippen LogP contribution in [0.5, 0.6) is 0 Å². The van der Waals surface area contributed by atoms with Crippen LogP contribution in [0.2, 0.25) is 0 Å². The lowest BCUT2D eigenvalue weighted by Crippen LogP contribution is -2.36. The second-order valence-electron chi connectivity index (χ2n) is 6.50. The molecular formula is C21H22FN3O2. The number of ether oxygens (including phenoxy) is 1. The third kappa shape index (κ3) is 4.53. The van der Waals surface area contributed by atoms with E-state index in [2.05, 4.69) is 21.3 Å². The summed E-state index contributed by atoms with van der Waals surface area (Å²) in [7, 11) is 0. The van der Waals surface area contributed by atoms with Gasteiger partial charge in [0.1, 0.15) is 23.2 Å². The maximum atomic E-state index is 13.0. The van der Waals surface area contributed by atoms with Crippen LogP contribution in [-0.4, -0.2) is 31.3 Å². The Morgan fingerprint density at radius 1 is 1.00 bits per heavy atom. The van der Waals surface area contributed by atoms with Crippen molar-refractivity contribution in [2.75, 3.05) is 31.2 Å². The Bertz CT molecular complexity index is 873. The summed E-state index contributed by atoms with van der Waals surface area (Å²) in [6, 6.07) is 14.3. The fourth-order valence-corrected chi connectivity index (χ4v) is 3.11. The summed E-state index contributed by atoms with van der Waals surface area (Å²) in [5, 5.41) is 3.40. The van der Waals surface area contributed by atoms with E-state index < -0.39 is 0 Å². The van der Waals surface area contributed by atoms with Gasteiger partial charge >= 0.3 is 0 Å². The molecule has 0 atom stereocenters. The van der Waals surface area contributed by atoms with E-state index in [1.165, 1.54) is 17.7 Å². The number of benzene rings is 1. The molecule has 3 aromatic rings. The SMILES string of the molecule is Fc1ccc(-c2ccc(CNCc3ccnc(N4CCOCC4)c3)o2)cc1. The predicted octanol–water partition coefficient (Wildman–Crippen LogP) is 3.61. The van der Waals surface area contributed by atoms with Crippen molar-refractivity contribution < 1.29 is 13.5 Å². The molecule has 27 heavy (non-hydrogen) atoms. The second kappa shape index (κ2) is 8.33. The van der Waals surface area contributed by atoms with E-state index in [1.54, 1.807) is 12.1 Å². The fraction of sp³-hybridized carbons (Fsp3) is 0.286. The summed E-state index contributed by atoms with van der Waals surface area (Å²) in [5.74, 6) is 2.33. The van der Waals surface area contributed by atoms with Crippen molar-refractivity contribution in [3.8, 4) is 11.3 Å². The molecule has 2 aromatic heterocycles. The van der Waals surface area contributed by atoms with Gasteiger partial charge in [0.2, 0.25) is 0 Å². The molecule has 1 saturated heterocycles. The monoisotopic (exact) mass is 367 g/mol. The first-order chi connectivity index (χ1) is 13.3. The number of pyridine rings is 1. The van der Waals surface area contributed by atoms with Crippen molar-refractivity contribution in [1.82, 2.24) is 10.3 Å². The van der Waals surface area contributed by atoms with E-state index in [1.807, 2.05) is 24.4 Å². The molecule has 0 saturated carbocycles. The van der Waals surface area contributed by atoms with Crippen LogP contribution in [0, 0.1) is 5.82 Å². The number of nitrogens with one attached hydrogen (secondary N) is 1. The lowest BCUT2D eigenvalue weighted by atomic mass is 10.2. The number of furan rings is 1. The Balaban J connectivity index is 1.33. The topological polar surface area (TPSA) is 50.5 Å². The van der Waals surface area contributed by atoms with Crippen LogP contribution in [0.1, 0.15) is 11.3 Å². The normalized spacial score (nSPS) is 14.5. The van der Waals surface area contributed by atoms with E-state index in [4.69, 9.17) is 9.15 Å². The van der Waals surface area contributed by atoms with E-state index in [0.717, 1.165) is 55.7 Å². The number of nitrogens with zero attached hydrogens (tertiary/aromatic N) is 2. The van der Waals surface area contributed by atoms with Crippen LogP contribution in [0.15, 0.2) is 59.1 Å². The van der Waals surface area contributed by atoms with Crippen LogP contribution in [0.4, 0.5) is 10.2 Å². The van der Waals surface area contributed by atoms with Crippen molar-refractivity contribution in [3.05, 3.63) is 71.9 Å². The molecule has 0 spiro atoms. The van der Waals surface area contributed by atoms with Gasteiger partial charge in [-0.15, -0.1) is 0 Å². The summed E-state index contributed by atoms with van der Waals surface area (Å²) < 4.78 is 24.3. The zero-order valence-corrected chi connectivity index (χ0v) is 15.0. The summed E-state index contributed by atoms with van der Waals surface area (Å²) in [5.41, 5.74) is 2.05. The molecule has 0 unspecified atom stereocenters. The third-order valence-corrected chi connectivity index (χ3v) is 4.56. The summed E-state index contributed by atoms with van der Waals surface area (Å²) in [4.78, 5) is 6.71. The van der Waals surface area contributed by atoms with Crippen molar-refractivity contribution in [2.24, 2.45) is 0 Å². The Morgan fingerprint density at radius 3 is 2.63 bits per heavy atom. The zero-order chi connectivity index (χ0) is 18.5. The number of anilines is 1. The average Bonchev–Trinajstić information content (AvgIpc) is 3.18. The third-order valence-electron chi connectivity index (χ3n) is 4.56. The van der Waals surface area contributed by atoms with Gasteiger partial charge in [-0.05, 0) is 54.1 Å². The highest BCUT2D eigenvalue weighted by Gasteiger charge is 2.12. The Labute approximate surface area is 157 Å². The number of rotatable bonds is 6. The van der Waals surface area contributed by atoms with E-state index in [9.17, 15) is 4.39 Å². The van der Waals surface area contributed by atoms with E-state index >= 15 is 0 Å². The van der Waals surface area contributed by atoms with Crippen molar-refractivity contribution >= 4 is 5.82 Å². The van der Waals surface area contributed by atoms with E-state index in [0.29, 0.717) is 6.54 Å². The first-order valence-electron chi connectivity index (χ1n) is 9.11. The van der Waals surface area contributed by atoms with Crippen molar-refractivity contribution in [2.45, 2.75) is 13.1 Å². The number of morpholine rings is 1. The van der Waals surface area contributed by atoms with Crippen LogP contribution >= 0.6 is 0 Å². The Morgan fingerprint density at radius 2 is 1.81 bits per heavy atom. The minimum absolute atomic E-state index is 0.249. The van der Waals surface area contributed by atoms with Crippen LogP contribution in [-0.2, 0) is 17.8 Å². The number of hydrogen-bond donors (Lipinski definition) is 1. The maximum absolute atomic E-state index is 13.0. The summed E-state index contributed by atoms with van der Waals surface area (Å²) in [6.07, 6.45) is 1.85. The lowest BCUT2D eigenvalue weighted by molar-refractivity contribution is 0.122. The number of hydrogen-bond acceptors (Lipinski definition) is 5. The molecule has 0 aliphatic carbocycles. The first-order valence-corrected chi connectivity index (χ1v) is 9.11. The molecule has 0 radical (unpaired) electrons. The summed E-state index contributed by atoms with van der Waals surface area (Å²) in [6.45, 7) is 4.60. The molecule has 3 heterocycles. The standard InChI is InChI=1S/C21H22FN3O2/c22-18-3-1-17(2-4-18)20-6-5-19(27-20)15-23-14-16-7-8-24-21(13-16)25-9-11-26-12-10-25/h1-8,13,23H,9-12,14-15H2. The maximum Gasteiger partial charge on any atom is 0.134 e. The molecule has 6 heteroatoms. The van der Waals surface area contributed by atoms with Crippen molar-refractivity contribution in [3.63, 3.8) is 0 Å². The lowest BCUT2D eigenvalue weighted by Gasteiger charge is -2.28. The molecule has 1 aliphatic heterocycles. The van der Waals surface area contributed by atoms with Crippen LogP contribution < -0.4 is 10.2 Å². The number of halogens is 1. The average molecular weight is 367 g/mol. The molecule has 1 N–H and O–H groups in total. The zero-order valence-electron chi connectivity index (χ0n) is 15.0. The summed E-state index contributed by atoms with van der Waals surface area (Å²) >= 11 is 0. The van der Waals surface area contributed by atoms with E-state index in [-0.39, 0.29) is 5.82 Å². The minimum Gasteiger partial charge on any atom is -0.460 e. The second-order valence-corrected chi connectivity index (χ2v) is 6.50. The van der Waals surface area contributed by atoms with Gasteiger partial charge in [0.25, 0.3) is 0 Å². The highest BCUT2D eigenvalue weighted by atomic mass is 19.1. The molecule has 1 aliphatic rings. The molecule has 4 rings (SSSR count). The largest absolute Gasteiger partial charge is 0.460 e. The Hall–Kier alpha value is -2.70. The van der Waals surface area contributed by atoms with Crippen LogP contribution in [0.3, 0.4) is 0 Å². The van der Waals surface area contributed by atoms with Gasteiger partial charge in [-0.25, -0.2) is 9.37 Å². The predicted molar refractivity (Wildman–Crippen MR) is 102 cm³/mol. The highest BCUT2D eigenvalue weighted by Crippen LogP contribution is 2.22. The smallest absolute Gasteiger partial charge is 0.134 e. The molecule has 0 bridgehead atoms. The first kappa shape index (κ1) is 17.7. The van der Waals surface area contributed by atoms with Crippen LogP contribution in [0.25, 0.3) is 11.3 Å². The quantitative estimate of drug-likeness (QED) is 0.721. The molecule has 1 aromatic carbocycles. The van der Waals surface area contributed by atoms with Gasteiger partial charge in [-0.1, -0.05) is 0 Å². The fourth-order valence-electron chi connectivity index (χ4n) is 3.11. The van der Waals surface area contributed by atoms with Gasteiger partial charge < -0.3 is 19.4 Å². The molecule has 0 amide bonds. The van der Waals surface area contributed by atoms with Crippen molar-refractivity contribution in [1.29, 1.82) is 0 Å². The Kier molecular flexibility index (Phi) is 5.46. The van der Waals surface area contributed by atoms with Gasteiger partial charge in [-0.2, -0.15) is 0 Å². The number of aromatic nitrogens is 1. The van der Waals surface area contributed by atoms with Gasteiger partial charge in [0.15, 0.2) is 0 Å². The highest BCUT2D eigenvalue weighted by molar-refractivity contribution is 5.57. The minimum atomic E-state index is -0.249.